The lowest BCUT2D eigenvalue weighted by Crippen LogP contribution is -2.12. The van der Waals surface area contributed by atoms with E-state index in [1.165, 1.54) is 18.6 Å². The molecule has 94 valence electrons. The van der Waals surface area contributed by atoms with Crippen molar-refractivity contribution in [2.24, 2.45) is 0 Å². The third kappa shape index (κ3) is 2.25. The molecule has 0 bridgehead atoms. The molecule has 6 nitrogen and oxygen atoms in total. The first-order chi connectivity index (χ1) is 9.24. The van der Waals surface area contributed by atoms with Crippen molar-refractivity contribution in [2.75, 3.05) is 5.32 Å². The highest BCUT2D eigenvalue weighted by molar-refractivity contribution is 6.29. The molecule has 3 heterocycles. The van der Waals surface area contributed by atoms with Gasteiger partial charge in [0, 0.05) is 6.20 Å². The third-order valence-corrected chi connectivity index (χ3v) is 2.70. The maximum absolute atomic E-state index is 12.1. The van der Waals surface area contributed by atoms with E-state index < -0.39 is 0 Å². The Bertz CT molecular complexity index is 754. The molecule has 0 fully saturated rings. The van der Waals surface area contributed by atoms with Crippen molar-refractivity contribution in [2.45, 2.75) is 0 Å². The lowest BCUT2D eigenvalue weighted by molar-refractivity contribution is 0.102. The minimum Gasteiger partial charge on any atom is -0.305 e. The van der Waals surface area contributed by atoms with Gasteiger partial charge in [-0.3, -0.25) is 9.78 Å². The Kier molecular flexibility index (Phi) is 2.85. The summed E-state index contributed by atoms with van der Waals surface area (Å²) in [6.07, 6.45) is 6.09. The van der Waals surface area contributed by atoms with Crippen LogP contribution in [0.25, 0.3) is 5.52 Å². The van der Waals surface area contributed by atoms with Crippen LogP contribution in [-0.4, -0.2) is 25.5 Å². The maximum Gasteiger partial charge on any atom is 0.260 e. The first kappa shape index (κ1) is 11.6. The number of hydrogen-bond donors (Lipinski definition) is 1. The second kappa shape index (κ2) is 4.66. The molecule has 0 spiro atoms. The molecule has 0 aromatic carbocycles. The number of nitrogens with one attached hydrogen (secondary N) is 1. The van der Waals surface area contributed by atoms with E-state index in [2.05, 4.69) is 20.4 Å². The first-order valence-electron chi connectivity index (χ1n) is 5.45. The number of anilines is 1. The standard InChI is InChI=1S/C12H8ClN5O/c13-10-6-14-7-11(16-10)17-12(19)8-5-15-18-4-2-1-3-9(8)18/h1-7H,(H,16,17,19). The molecule has 7 heteroatoms. The lowest BCUT2D eigenvalue weighted by atomic mass is 10.2. The van der Waals surface area contributed by atoms with Crippen molar-refractivity contribution < 1.29 is 4.79 Å². The summed E-state index contributed by atoms with van der Waals surface area (Å²) in [5.74, 6) is -0.00875. The average molecular weight is 274 g/mol. The predicted octanol–water partition coefficient (Wildman–Crippen LogP) is 2.03. The Balaban J connectivity index is 1.92. The normalized spacial score (nSPS) is 10.6. The molecular weight excluding hydrogens is 266 g/mol. The second-order valence-corrected chi connectivity index (χ2v) is 4.16. The Morgan fingerprint density at radius 3 is 3.00 bits per heavy atom. The smallest absolute Gasteiger partial charge is 0.260 e. The number of nitrogens with zero attached hydrogens (tertiary/aromatic N) is 4. The topological polar surface area (TPSA) is 72.2 Å². The average Bonchev–Trinajstić information content (AvgIpc) is 2.82. The van der Waals surface area contributed by atoms with Gasteiger partial charge >= 0.3 is 0 Å². The van der Waals surface area contributed by atoms with Gasteiger partial charge in [-0.25, -0.2) is 9.50 Å². The van der Waals surface area contributed by atoms with E-state index in [0.717, 1.165) is 5.52 Å². The number of carbonyl (C=O) groups is 1. The van der Waals surface area contributed by atoms with Gasteiger partial charge < -0.3 is 5.32 Å². The lowest BCUT2D eigenvalue weighted by Gasteiger charge is -2.02. The summed E-state index contributed by atoms with van der Waals surface area (Å²) in [7, 11) is 0. The molecular formula is C12H8ClN5O. The van der Waals surface area contributed by atoms with Gasteiger partial charge in [0.15, 0.2) is 5.82 Å². The van der Waals surface area contributed by atoms with Crippen molar-refractivity contribution in [3.8, 4) is 0 Å². The molecule has 3 aromatic heterocycles. The van der Waals surface area contributed by atoms with Crippen LogP contribution in [0.15, 0.2) is 43.0 Å². The molecule has 0 atom stereocenters. The number of hydrogen-bond acceptors (Lipinski definition) is 4. The molecule has 3 aromatic rings. The summed E-state index contributed by atoms with van der Waals surface area (Å²) in [5, 5.41) is 6.94. The molecule has 0 aliphatic heterocycles. The Labute approximate surface area is 113 Å². The van der Waals surface area contributed by atoms with Gasteiger partial charge in [-0.05, 0) is 12.1 Å². The number of pyridine rings is 1. The van der Waals surface area contributed by atoms with E-state index in [1.807, 2.05) is 18.2 Å². The molecule has 0 unspecified atom stereocenters. The van der Waals surface area contributed by atoms with E-state index in [0.29, 0.717) is 11.4 Å². The highest BCUT2D eigenvalue weighted by Gasteiger charge is 2.13. The highest BCUT2D eigenvalue weighted by Crippen LogP contribution is 2.13. The minimum atomic E-state index is -0.308. The number of rotatable bonds is 2. The van der Waals surface area contributed by atoms with E-state index in [4.69, 9.17) is 11.6 Å². The molecule has 0 aliphatic carbocycles. The zero-order valence-electron chi connectivity index (χ0n) is 9.62. The van der Waals surface area contributed by atoms with Crippen LogP contribution >= 0.6 is 11.6 Å². The summed E-state index contributed by atoms with van der Waals surface area (Å²) in [6, 6.07) is 5.49. The molecule has 0 saturated heterocycles. The molecule has 19 heavy (non-hydrogen) atoms. The fourth-order valence-corrected chi connectivity index (χ4v) is 1.84. The van der Waals surface area contributed by atoms with E-state index >= 15 is 0 Å². The Morgan fingerprint density at radius 2 is 2.16 bits per heavy atom. The second-order valence-electron chi connectivity index (χ2n) is 3.77. The molecule has 0 aliphatic rings. The molecule has 0 saturated carbocycles. The third-order valence-electron chi connectivity index (χ3n) is 2.52. The predicted molar refractivity (Wildman–Crippen MR) is 70.2 cm³/mol. The summed E-state index contributed by atoms with van der Waals surface area (Å²) in [6.45, 7) is 0. The summed E-state index contributed by atoms with van der Waals surface area (Å²) < 4.78 is 1.62. The fourth-order valence-electron chi connectivity index (χ4n) is 1.70. The fraction of sp³-hybridized carbons (Fsp3) is 0. The van der Waals surface area contributed by atoms with Crippen molar-refractivity contribution in [1.82, 2.24) is 19.6 Å². The SMILES string of the molecule is O=C(Nc1cncc(Cl)n1)c1cnn2ccccc12. The summed E-state index contributed by atoms with van der Waals surface area (Å²) in [5.41, 5.74) is 1.18. The van der Waals surface area contributed by atoms with E-state index in [9.17, 15) is 4.79 Å². The van der Waals surface area contributed by atoms with Crippen LogP contribution in [0.1, 0.15) is 10.4 Å². The van der Waals surface area contributed by atoms with Crippen LogP contribution in [-0.2, 0) is 0 Å². The van der Waals surface area contributed by atoms with Crippen LogP contribution in [0.4, 0.5) is 5.82 Å². The molecule has 1 amide bonds. The number of amides is 1. The molecule has 0 radical (unpaired) electrons. The van der Waals surface area contributed by atoms with Crippen molar-refractivity contribution >= 4 is 28.8 Å². The van der Waals surface area contributed by atoms with E-state index in [1.54, 1.807) is 10.7 Å². The van der Waals surface area contributed by atoms with Gasteiger partial charge in [-0.1, -0.05) is 17.7 Å². The first-order valence-corrected chi connectivity index (χ1v) is 5.83. The number of fused-ring (bicyclic) bond motifs is 1. The highest BCUT2D eigenvalue weighted by atomic mass is 35.5. The van der Waals surface area contributed by atoms with E-state index in [-0.39, 0.29) is 11.1 Å². The van der Waals surface area contributed by atoms with Gasteiger partial charge in [0.2, 0.25) is 0 Å². The Hall–Kier alpha value is -2.47. The van der Waals surface area contributed by atoms with Crippen LogP contribution in [0.5, 0.6) is 0 Å². The maximum atomic E-state index is 12.1. The van der Waals surface area contributed by atoms with Crippen molar-refractivity contribution in [3.05, 3.63) is 53.7 Å². The monoisotopic (exact) mass is 273 g/mol. The van der Waals surface area contributed by atoms with Gasteiger partial charge in [-0.2, -0.15) is 5.10 Å². The van der Waals surface area contributed by atoms with Crippen LogP contribution in [0, 0.1) is 0 Å². The minimum absolute atomic E-state index is 0.220. The quantitative estimate of drug-likeness (QED) is 0.775. The number of carbonyl (C=O) groups excluding carboxylic acids is 1. The van der Waals surface area contributed by atoms with Crippen LogP contribution < -0.4 is 5.32 Å². The van der Waals surface area contributed by atoms with Gasteiger partial charge in [0.25, 0.3) is 5.91 Å². The van der Waals surface area contributed by atoms with Gasteiger partial charge in [-0.15, -0.1) is 0 Å². The van der Waals surface area contributed by atoms with Crippen molar-refractivity contribution in [1.29, 1.82) is 0 Å². The van der Waals surface area contributed by atoms with Crippen molar-refractivity contribution in [3.63, 3.8) is 0 Å². The van der Waals surface area contributed by atoms with Gasteiger partial charge in [0.1, 0.15) is 5.15 Å². The van der Waals surface area contributed by atoms with Crippen LogP contribution in [0.3, 0.4) is 0 Å². The Morgan fingerprint density at radius 1 is 1.26 bits per heavy atom. The van der Waals surface area contributed by atoms with Crippen LogP contribution in [0.2, 0.25) is 5.15 Å². The zero-order valence-corrected chi connectivity index (χ0v) is 10.4. The number of aromatic nitrogens is 4. The zero-order chi connectivity index (χ0) is 13.2. The summed E-state index contributed by atoms with van der Waals surface area (Å²) in [4.78, 5) is 19.9. The number of halogens is 1. The largest absolute Gasteiger partial charge is 0.305 e. The van der Waals surface area contributed by atoms with Gasteiger partial charge in [0.05, 0.1) is 29.7 Å². The molecule has 3 rings (SSSR count). The molecule has 1 N–H and O–H groups in total. The summed E-state index contributed by atoms with van der Waals surface area (Å²) >= 11 is 5.71.